The first kappa shape index (κ1) is 22.3. The van der Waals surface area contributed by atoms with Crippen LogP contribution in [0.4, 0.5) is 5.82 Å². The van der Waals surface area contributed by atoms with Crippen LogP contribution in [0.5, 0.6) is 0 Å². The van der Waals surface area contributed by atoms with E-state index in [1.165, 1.54) is 0 Å². The second-order valence-corrected chi connectivity index (χ2v) is 9.76. The topological polar surface area (TPSA) is 67.2 Å². The zero-order valence-electron chi connectivity index (χ0n) is 19.7. The van der Waals surface area contributed by atoms with Crippen LogP contribution in [0.1, 0.15) is 41.6 Å². The van der Waals surface area contributed by atoms with Crippen molar-refractivity contribution in [3.05, 3.63) is 77.2 Å². The minimum atomic E-state index is 0.0203. The van der Waals surface area contributed by atoms with Crippen LogP contribution >= 0.6 is 11.3 Å². The van der Waals surface area contributed by atoms with E-state index in [1.807, 2.05) is 71.9 Å². The van der Waals surface area contributed by atoms with Gasteiger partial charge in [0.05, 0.1) is 16.1 Å². The molecule has 0 saturated carbocycles. The minimum absolute atomic E-state index is 0.0203. The van der Waals surface area contributed by atoms with Gasteiger partial charge in [-0.25, -0.2) is 14.6 Å². The molecule has 1 saturated heterocycles. The molecule has 0 unspecified atom stereocenters. The van der Waals surface area contributed by atoms with Gasteiger partial charge in [-0.2, -0.15) is 5.10 Å². The molecule has 4 aromatic rings. The number of hydrogen-bond acceptors (Lipinski definition) is 6. The average Bonchev–Trinajstić information content (AvgIpc) is 3.54. The Morgan fingerprint density at radius 3 is 2.44 bits per heavy atom. The fraction of sp³-hybridized carbons (Fsp3) is 0.308. The van der Waals surface area contributed by atoms with Gasteiger partial charge in [0, 0.05) is 50.1 Å². The van der Waals surface area contributed by atoms with E-state index in [1.54, 1.807) is 16.0 Å². The SMILES string of the molecule is Cc1cc(N2CCN(C(=O)c3cn(-c4ccccc4)nc3-c3cccs3)CC2)nc(C(C)C)n1. The second kappa shape index (κ2) is 9.38. The largest absolute Gasteiger partial charge is 0.353 e. The number of piperazine rings is 1. The van der Waals surface area contributed by atoms with Crippen LogP contribution in [0.15, 0.2) is 60.1 Å². The van der Waals surface area contributed by atoms with Crippen molar-refractivity contribution in [2.75, 3.05) is 31.1 Å². The zero-order valence-corrected chi connectivity index (χ0v) is 20.5. The molecule has 8 heteroatoms. The van der Waals surface area contributed by atoms with Crippen molar-refractivity contribution in [3.8, 4) is 16.3 Å². The van der Waals surface area contributed by atoms with Crippen LogP contribution in [0, 0.1) is 6.92 Å². The Hall–Kier alpha value is -3.52. The molecule has 1 amide bonds. The third-order valence-electron chi connectivity index (χ3n) is 5.99. The number of para-hydroxylation sites is 1. The molecule has 0 spiro atoms. The van der Waals surface area contributed by atoms with Gasteiger partial charge in [0.1, 0.15) is 17.3 Å². The van der Waals surface area contributed by atoms with Crippen molar-refractivity contribution in [3.63, 3.8) is 0 Å². The summed E-state index contributed by atoms with van der Waals surface area (Å²) in [7, 11) is 0. The molecule has 34 heavy (non-hydrogen) atoms. The van der Waals surface area contributed by atoms with Gasteiger partial charge in [0.2, 0.25) is 0 Å². The maximum Gasteiger partial charge on any atom is 0.257 e. The molecule has 5 rings (SSSR count). The molecule has 1 aromatic carbocycles. The van der Waals surface area contributed by atoms with Crippen molar-refractivity contribution in [2.45, 2.75) is 26.7 Å². The van der Waals surface area contributed by atoms with Gasteiger partial charge in [-0.1, -0.05) is 38.1 Å². The monoisotopic (exact) mass is 472 g/mol. The van der Waals surface area contributed by atoms with Gasteiger partial charge >= 0.3 is 0 Å². The van der Waals surface area contributed by atoms with E-state index in [4.69, 9.17) is 10.1 Å². The van der Waals surface area contributed by atoms with Crippen molar-refractivity contribution < 1.29 is 4.79 Å². The lowest BCUT2D eigenvalue weighted by atomic mass is 10.1. The van der Waals surface area contributed by atoms with Crippen molar-refractivity contribution in [1.29, 1.82) is 0 Å². The molecule has 0 atom stereocenters. The highest BCUT2D eigenvalue weighted by molar-refractivity contribution is 7.13. The number of amides is 1. The summed E-state index contributed by atoms with van der Waals surface area (Å²) in [5.41, 5.74) is 3.28. The highest BCUT2D eigenvalue weighted by atomic mass is 32.1. The van der Waals surface area contributed by atoms with Crippen LogP contribution in [-0.2, 0) is 0 Å². The van der Waals surface area contributed by atoms with E-state index in [0.29, 0.717) is 18.7 Å². The second-order valence-electron chi connectivity index (χ2n) is 8.81. The van der Waals surface area contributed by atoms with E-state index in [-0.39, 0.29) is 11.8 Å². The number of rotatable bonds is 5. The van der Waals surface area contributed by atoms with Crippen molar-refractivity contribution in [2.24, 2.45) is 0 Å². The smallest absolute Gasteiger partial charge is 0.257 e. The lowest BCUT2D eigenvalue weighted by molar-refractivity contribution is 0.0747. The summed E-state index contributed by atoms with van der Waals surface area (Å²) in [5.74, 6) is 2.10. The molecule has 1 fully saturated rings. The number of carbonyl (C=O) groups excluding carboxylic acids is 1. The first-order valence-corrected chi connectivity index (χ1v) is 12.5. The van der Waals surface area contributed by atoms with E-state index < -0.39 is 0 Å². The number of anilines is 1. The summed E-state index contributed by atoms with van der Waals surface area (Å²) in [5, 5.41) is 6.80. The summed E-state index contributed by atoms with van der Waals surface area (Å²) < 4.78 is 1.80. The molecule has 7 nitrogen and oxygen atoms in total. The number of aryl methyl sites for hydroxylation is 1. The van der Waals surface area contributed by atoms with E-state index >= 15 is 0 Å². The number of benzene rings is 1. The maximum atomic E-state index is 13.6. The molecular formula is C26H28N6OS. The number of hydrogen-bond donors (Lipinski definition) is 0. The van der Waals surface area contributed by atoms with E-state index in [0.717, 1.165) is 46.7 Å². The Morgan fingerprint density at radius 1 is 1.00 bits per heavy atom. The minimum Gasteiger partial charge on any atom is -0.353 e. The predicted molar refractivity (Wildman–Crippen MR) is 136 cm³/mol. The van der Waals surface area contributed by atoms with Crippen LogP contribution in [0.2, 0.25) is 0 Å². The Morgan fingerprint density at radius 2 is 1.76 bits per heavy atom. The quantitative estimate of drug-likeness (QED) is 0.418. The Kier molecular flexibility index (Phi) is 6.15. The van der Waals surface area contributed by atoms with E-state index in [2.05, 4.69) is 23.7 Å². The summed E-state index contributed by atoms with van der Waals surface area (Å²) >= 11 is 1.60. The molecule has 0 radical (unpaired) electrons. The normalized spacial score (nSPS) is 14.1. The molecule has 0 aliphatic carbocycles. The Balaban J connectivity index is 1.37. The van der Waals surface area contributed by atoms with Crippen LogP contribution in [-0.4, -0.2) is 56.7 Å². The van der Waals surface area contributed by atoms with Crippen LogP contribution in [0.3, 0.4) is 0 Å². The van der Waals surface area contributed by atoms with Gasteiger partial charge in [0.25, 0.3) is 5.91 Å². The third kappa shape index (κ3) is 4.46. The Labute approximate surface area is 203 Å². The molecular weight excluding hydrogens is 444 g/mol. The summed E-state index contributed by atoms with van der Waals surface area (Å²) in [6, 6.07) is 15.9. The standard InChI is InChI=1S/C26H28N6OS/c1-18(2)25-27-19(3)16-23(28-25)30-11-13-31(14-12-30)26(33)21-17-32(20-8-5-4-6-9-20)29-24(21)22-10-7-15-34-22/h4-10,15-18H,11-14H2,1-3H3. The highest BCUT2D eigenvalue weighted by Crippen LogP contribution is 2.29. The summed E-state index contributed by atoms with van der Waals surface area (Å²) in [6.07, 6.45) is 1.86. The lowest BCUT2D eigenvalue weighted by Crippen LogP contribution is -2.49. The lowest BCUT2D eigenvalue weighted by Gasteiger charge is -2.35. The Bertz CT molecular complexity index is 1270. The van der Waals surface area contributed by atoms with Crippen molar-refractivity contribution in [1.82, 2.24) is 24.6 Å². The third-order valence-corrected chi connectivity index (χ3v) is 6.86. The number of carbonyl (C=O) groups is 1. The molecule has 0 N–H and O–H groups in total. The first-order chi connectivity index (χ1) is 16.5. The molecule has 1 aliphatic heterocycles. The highest BCUT2D eigenvalue weighted by Gasteiger charge is 2.27. The maximum absolute atomic E-state index is 13.6. The number of nitrogens with zero attached hydrogens (tertiary/aromatic N) is 6. The average molecular weight is 473 g/mol. The first-order valence-electron chi connectivity index (χ1n) is 11.6. The van der Waals surface area contributed by atoms with Crippen LogP contribution < -0.4 is 4.90 Å². The molecule has 4 heterocycles. The van der Waals surface area contributed by atoms with Crippen molar-refractivity contribution >= 4 is 23.1 Å². The van der Waals surface area contributed by atoms with E-state index in [9.17, 15) is 4.79 Å². The molecule has 1 aliphatic rings. The zero-order chi connectivity index (χ0) is 23.7. The van der Waals surface area contributed by atoms with Gasteiger partial charge < -0.3 is 9.80 Å². The molecule has 174 valence electrons. The fourth-order valence-corrected chi connectivity index (χ4v) is 4.87. The van der Waals surface area contributed by atoms with Gasteiger partial charge in [0.15, 0.2) is 0 Å². The predicted octanol–water partition coefficient (Wildman–Crippen LogP) is 4.79. The fourth-order valence-electron chi connectivity index (χ4n) is 4.14. The van der Waals surface area contributed by atoms with Crippen LogP contribution in [0.25, 0.3) is 16.3 Å². The number of aromatic nitrogens is 4. The molecule has 3 aromatic heterocycles. The summed E-state index contributed by atoms with van der Waals surface area (Å²) in [4.78, 5) is 28.1. The van der Waals surface area contributed by atoms with Gasteiger partial charge in [-0.15, -0.1) is 11.3 Å². The van der Waals surface area contributed by atoms with Gasteiger partial charge in [-0.3, -0.25) is 4.79 Å². The summed E-state index contributed by atoms with van der Waals surface area (Å²) in [6.45, 7) is 8.97. The van der Waals surface area contributed by atoms with Gasteiger partial charge in [-0.05, 0) is 30.5 Å². The molecule has 0 bridgehead atoms. The number of thiophene rings is 1.